The second kappa shape index (κ2) is 14.1. The second-order valence-electron chi connectivity index (χ2n) is 9.86. The van der Waals surface area contributed by atoms with E-state index in [4.69, 9.17) is 42.6 Å². The molecule has 4 aromatic rings. The zero-order valence-corrected chi connectivity index (χ0v) is 26.6. The van der Waals surface area contributed by atoms with Crippen LogP contribution in [0.1, 0.15) is 25.0 Å². The van der Waals surface area contributed by atoms with Crippen molar-refractivity contribution in [3.05, 3.63) is 76.4 Å². The molecule has 0 aliphatic carbocycles. The number of fused-ring (bicyclic) bond motifs is 1. The lowest BCUT2D eigenvalue weighted by atomic mass is 10.0. The molecule has 0 unspecified atom stereocenters. The summed E-state index contributed by atoms with van der Waals surface area (Å²) in [7, 11) is 3.08. The Balaban J connectivity index is 1.82. The number of aromatic nitrogens is 2. The Hall–Kier alpha value is -3.46. The van der Waals surface area contributed by atoms with Gasteiger partial charge in [0.1, 0.15) is 23.1 Å². The first-order valence-corrected chi connectivity index (χ1v) is 15.2. The molecule has 42 heavy (non-hydrogen) atoms. The summed E-state index contributed by atoms with van der Waals surface area (Å²) in [5.74, 6) is 3.00. The van der Waals surface area contributed by atoms with Gasteiger partial charge in [-0.05, 0) is 41.5 Å². The molecule has 7 nitrogen and oxygen atoms in total. The Labute approximate surface area is 261 Å². The topological polar surface area (TPSA) is 85.4 Å². The van der Waals surface area contributed by atoms with Crippen molar-refractivity contribution < 1.29 is 14.3 Å². The van der Waals surface area contributed by atoms with E-state index in [2.05, 4.69) is 31.1 Å². The lowest BCUT2D eigenvalue weighted by Crippen LogP contribution is -2.09. The average Bonchev–Trinajstić information content (AvgIpc) is 2.97. The number of ketones is 1. The monoisotopic (exact) mass is 624 g/mol. The molecule has 2 aromatic heterocycles. The number of hydrogen-bond acceptors (Lipinski definition) is 8. The lowest BCUT2D eigenvalue weighted by molar-refractivity contribution is -0.114. The molecule has 4 rings (SSSR count). The maximum absolute atomic E-state index is 12.1. The number of allylic oxidation sites excluding steroid dienone is 1. The molecule has 0 saturated heterocycles. The van der Waals surface area contributed by atoms with Crippen LogP contribution >= 0.6 is 35.0 Å². The normalized spacial score (nSPS) is 11.0. The number of aryl methyl sites for hydroxylation is 1. The minimum Gasteiger partial charge on any atom is -0.495 e. The van der Waals surface area contributed by atoms with Crippen molar-refractivity contribution >= 4 is 68.8 Å². The van der Waals surface area contributed by atoms with Crippen molar-refractivity contribution in [2.75, 3.05) is 37.2 Å². The highest BCUT2D eigenvalue weighted by Gasteiger charge is 2.21. The van der Waals surface area contributed by atoms with E-state index in [0.29, 0.717) is 56.2 Å². The van der Waals surface area contributed by atoms with E-state index in [1.807, 2.05) is 49.0 Å². The van der Waals surface area contributed by atoms with Gasteiger partial charge in [-0.2, -0.15) is 11.8 Å². The predicted octanol–water partition coefficient (Wildman–Crippen LogP) is 8.52. The molecule has 0 fully saturated rings. The molecule has 0 aliphatic rings. The molecular weight excluding hydrogens is 591 g/mol. The summed E-state index contributed by atoms with van der Waals surface area (Å²) >= 11 is 15.4. The zero-order valence-electron chi connectivity index (χ0n) is 24.3. The molecule has 0 saturated carbocycles. The molecule has 0 spiro atoms. The summed E-state index contributed by atoms with van der Waals surface area (Å²) in [6.07, 6.45) is 3.37. The smallest absolute Gasteiger partial charge is 0.159 e. The molecular formula is C32H34Cl2N4O3S. The molecule has 10 heteroatoms. The third-order valence-corrected chi connectivity index (χ3v) is 8.45. The summed E-state index contributed by atoms with van der Waals surface area (Å²) in [6, 6.07) is 11.4. The number of thioether (sulfide) groups is 1. The standard InChI is InChI=1S/C32H34Cl2N4O3S/c1-7-22(39)13-20-10-8-9-19(4)31(20)38-27-15-23-21(17-36-27)14-24(37-32(23)35-11-12-42-18(2)3)28-29(33)25(40-5)16-26(41-6)30(28)34/h7-10,14-18H,1,11-13H2,2-6H3,(H,35,37)(H,36,38). The predicted molar refractivity (Wildman–Crippen MR) is 178 cm³/mol. The average molecular weight is 626 g/mol. The number of nitrogens with zero attached hydrogens (tertiary/aromatic N) is 2. The van der Waals surface area contributed by atoms with Crippen LogP contribution in [-0.2, 0) is 11.2 Å². The summed E-state index contributed by atoms with van der Waals surface area (Å²) in [5, 5.41) is 9.83. The number of carbonyl (C=O) groups excluding carboxylic acids is 1. The number of anilines is 3. The van der Waals surface area contributed by atoms with Crippen LogP contribution in [0.3, 0.4) is 0 Å². The Morgan fingerprint density at radius 3 is 2.48 bits per heavy atom. The fourth-order valence-electron chi connectivity index (χ4n) is 4.49. The van der Waals surface area contributed by atoms with Gasteiger partial charge in [0.15, 0.2) is 5.78 Å². The van der Waals surface area contributed by atoms with Crippen LogP contribution in [0.15, 0.2) is 55.3 Å². The molecule has 2 heterocycles. The summed E-state index contributed by atoms with van der Waals surface area (Å²) < 4.78 is 11.0. The largest absolute Gasteiger partial charge is 0.495 e. The fourth-order valence-corrected chi connectivity index (χ4v) is 5.88. The number of benzene rings is 2. The van der Waals surface area contributed by atoms with Gasteiger partial charge in [-0.15, -0.1) is 0 Å². The van der Waals surface area contributed by atoms with Gasteiger partial charge < -0.3 is 20.1 Å². The number of nitrogens with one attached hydrogen (secondary N) is 2. The zero-order chi connectivity index (χ0) is 30.4. The van der Waals surface area contributed by atoms with Crippen molar-refractivity contribution in [2.24, 2.45) is 0 Å². The van der Waals surface area contributed by atoms with Gasteiger partial charge in [-0.25, -0.2) is 9.97 Å². The van der Waals surface area contributed by atoms with Gasteiger partial charge in [0.25, 0.3) is 0 Å². The van der Waals surface area contributed by atoms with Gasteiger partial charge in [-0.1, -0.05) is 61.8 Å². The third-order valence-electron chi connectivity index (χ3n) is 6.59. The van der Waals surface area contributed by atoms with Gasteiger partial charge in [0.2, 0.25) is 0 Å². The highest BCUT2D eigenvalue weighted by Crippen LogP contribution is 2.46. The van der Waals surface area contributed by atoms with Crippen LogP contribution < -0.4 is 20.1 Å². The quantitative estimate of drug-likeness (QED) is 0.113. The van der Waals surface area contributed by atoms with E-state index >= 15 is 0 Å². The van der Waals surface area contributed by atoms with Crippen molar-refractivity contribution in [3.8, 4) is 22.8 Å². The number of methoxy groups -OCH3 is 2. The Kier molecular flexibility index (Phi) is 10.6. The van der Waals surface area contributed by atoms with Crippen molar-refractivity contribution in [3.63, 3.8) is 0 Å². The van der Waals surface area contributed by atoms with E-state index in [9.17, 15) is 4.79 Å². The van der Waals surface area contributed by atoms with Crippen LogP contribution in [-0.4, -0.2) is 47.5 Å². The van der Waals surface area contributed by atoms with Crippen LogP contribution in [0.2, 0.25) is 10.0 Å². The van der Waals surface area contributed by atoms with E-state index in [0.717, 1.165) is 33.3 Å². The molecule has 0 bridgehead atoms. The lowest BCUT2D eigenvalue weighted by Gasteiger charge is -2.18. The second-order valence-corrected chi connectivity index (χ2v) is 12.3. The third kappa shape index (κ3) is 7.12. The minimum atomic E-state index is -0.0518. The van der Waals surface area contributed by atoms with Gasteiger partial charge in [-0.3, -0.25) is 4.79 Å². The van der Waals surface area contributed by atoms with Crippen molar-refractivity contribution in [1.29, 1.82) is 0 Å². The summed E-state index contributed by atoms with van der Waals surface area (Å²) in [6.45, 7) is 10.6. The number of carbonyl (C=O) groups is 1. The molecule has 2 aromatic carbocycles. The number of halogens is 2. The van der Waals surface area contributed by atoms with Gasteiger partial charge >= 0.3 is 0 Å². The molecule has 0 atom stereocenters. The summed E-state index contributed by atoms with van der Waals surface area (Å²) in [4.78, 5) is 21.8. The van der Waals surface area contributed by atoms with E-state index in [-0.39, 0.29) is 12.2 Å². The minimum absolute atomic E-state index is 0.0518. The first-order chi connectivity index (χ1) is 20.2. The van der Waals surface area contributed by atoms with Gasteiger partial charge in [0.05, 0.1) is 30.0 Å². The molecule has 220 valence electrons. The maximum atomic E-state index is 12.1. The van der Waals surface area contributed by atoms with E-state index in [1.54, 1.807) is 12.3 Å². The van der Waals surface area contributed by atoms with Gasteiger partial charge in [0, 0.05) is 53.0 Å². The number of hydrogen-bond donors (Lipinski definition) is 2. The number of ether oxygens (including phenoxy) is 2. The fraction of sp³-hybridized carbons (Fsp3) is 0.281. The molecule has 0 radical (unpaired) electrons. The number of para-hydroxylation sites is 1. The molecule has 0 aliphatic heterocycles. The van der Waals surface area contributed by atoms with E-state index in [1.165, 1.54) is 20.3 Å². The van der Waals surface area contributed by atoms with Crippen LogP contribution in [0.5, 0.6) is 11.5 Å². The van der Waals surface area contributed by atoms with Crippen LogP contribution in [0.4, 0.5) is 17.3 Å². The first-order valence-electron chi connectivity index (χ1n) is 13.4. The number of pyridine rings is 2. The highest BCUT2D eigenvalue weighted by atomic mass is 35.5. The molecule has 2 N–H and O–H groups in total. The van der Waals surface area contributed by atoms with Crippen molar-refractivity contribution in [2.45, 2.75) is 32.4 Å². The summed E-state index contributed by atoms with van der Waals surface area (Å²) in [5.41, 5.74) is 3.78. The van der Waals surface area contributed by atoms with Crippen molar-refractivity contribution in [1.82, 2.24) is 9.97 Å². The van der Waals surface area contributed by atoms with E-state index < -0.39 is 0 Å². The number of rotatable bonds is 13. The first kappa shape index (κ1) is 31.5. The Morgan fingerprint density at radius 2 is 1.83 bits per heavy atom. The Morgan fingerprint density at radius 1 is 1.12 bits per heavy atom. The molecule has 0 amide bonds. The SMILES string of the molecule is C=CC(=O)Cc1cccc(C)c1Nc1cc2c(NCCSC(C)C)nc(-c3c(Cl)c(OC)cc(OC)c3Cl)cc2cn1. The Bertz CT molecular complexity index is 1600. The van der Waals surface area contributed by atoms with Crippen LogP contribution in [0.25, 0.3) is 22.0 Å². The highest BCUT2D eigenvalue weighted by molar-refractivity contribution is 7.99. The van der Waals surface area contributed by atoms with Crippen LogP contribution in [0, 0.1) is 6.92 Å². The maximum Gasteiger partial charge on any atom is 0.159 e.